The van der Waals surface area contributed by atoms with E-state index in [1.807, 2.05) is 35.4 Å². The van der Waals surface area contributed by atoms with Crippen molar-refractivity contribution in [3.63, 3.8) is 0 Å². The van der Waals surface area contributed by atoms with Gasteiger partial charge >= 0.3 is 6.18 Å². The van der Waals surface area contributed by atoms with E-state index in [-0.39, 0.29) is 18.0 Å². The number of ether oxygens (including phenoxy) is 2. The zero-order valence-corrected chi connectivity index (χ0v) is 24.9. The highest BCUT2D eigenvalue weighted by Crippen LogP contribution is 2.30. The molecule has 2 aliphatic rings. The van der Waals surface area contributed by atoms with Gasteiger partial charge in [0.2, 0.25) is 11.7 Å². The van der Waals surface area contributed by atoms with Gasteiger partial charge in [-0.2, -0.15) is 23.3 Å². The van der Waals surface area contributed by atoms with Gasteiger partial charge in [0.1, 0.15) is 17.8 Å². The van der Waals surface area contributed by atoms with Crippen molar-refractivity contribution in [2.45, 2.75) is 57.2 Å². The summed E-state index contributed by atoms with van der Waals surface area (Å²) in [5, 5.41) is 6.44. The lowest BCUT2D eigenvalue weighted by Gasteiger charge is -2.32. The van der Waals surface area contributed by atoms with Gasteiger partial charge in [0.05, 0.1) is 30.2 Å². The summed E-state index contributed by atoms with van der Waals surface area (Å²) in [5.41, 5.74) is 3.11. The lowest BCUT2D eigenvalue weighted by atomic mass is 10.1. The van der Waals surface area contributed by atoms with Gasteiger partial charge in [0, 0.05) is 49.0 Å². The minimum absolute atomic E-state index is 0.0227. The first-order valence-electron chi connectivity index (χ1n) is 14.8. The number of hydrogen-bond donors (Lipinski definition) is 1. The predicted molar refractivity (Wildman–Crippen MR) is 160 cm³/mol. The Labute approximate surface area is 261 Å². The standard InChI is InChI=1S/C31H30ClF3N8O2/c32-21-4-1-19(2-5-21)15-26-36-11-7-28(38-26)45-22-8-12-42(13-9-22)18-27-37-24-16-20(29-39-30(41-40-29)31(33,34)35)3-6-25(24)43(27)17-23-10-14-44-23/h1-7,11,16,22-23H,8-10,12-15,17-18H2,(H,39,40,41). The van der Waals surface area contributed by atoms with Crippen molar-refractivity contribution in [3.05, 3.63) is 82.8 Å². The molecule has 0 aliphatic carbocycles. The van der Waals surface area contributed by atoms with E-state index < -0.39 is 12.0 Å². The second kappa shape index (κ2) is 12.4. The van der Waals surface area contributed by atoms with Crippen LogP contribution in [0.3, 0.4) is 0 Å². The lowest BCUT2D eigenvalue weighted by molar-refractivity contribution is -0.144. The van der Waals surface area contributed by atoms with Crippen molar-refractivity contribution in [2.24, 2.45) is 0 Å². The van der Waals surface area contributed by atoms with Gasteiger partial charge in [0.15, 0.2) is 5.82 Å². The number of aromatic amines is 1. The number of alkyl halides is 3. The third-order valence-corrected chi connectivity index (χ3v) is 8.41. The topological polar surface area (TPSA) is 107 Å². The number of aromatic nitrogens is 7. The Kier molecular flexibility index (Phi) is 8.15. The number of nitrogens with zero attached hydrogens (tertiary/aromatic N) is 7. The quantitative estimate of drug-likeness (QED) is 0.219. The van der Waals surface area contributed by atoms with E-state index in [2.05, 4.69) is 29.5 Å². The number of nitrogens with one attached hydrogen (secondary N) is 1. The highest BCUT2D eigenvalue weighted by molar-refractivity contribution is 6.30. The molecule has 0 amide bonds. The maximum absolute atomic E-state index is 13.1. The number of benzene rings is 2. The molecule has 14 heteroatoms. The van der Waals surface area contributed by atoms with E-state index in [4.69, 9.17) is 26.1 Å². The Morgan fingerprint density at radius 2 is 1.80 bits per heavy atom. The first-order chi connectivity index (χ1) is 21.8. The molecule has 2 fully saturated rings. The van der Waals surface area contributed by atoms with Gasteiger partial charge in [0.25, 0.3) is 0 Å². The summed E-state index contributed by atoms with van der Waals surface area (Å²) in [4.78, 5) is 19.9. The van der Waals surface area contributed by atoms with Gasteiger partial charge in [-0.15, -0.1) is 0 Å². The van der Waals surface area contributed by atoms with Crippen LogP contribution in [0, 0.1) is 0 Å². The van der Waals surface area contributed by atoms with Crippen LogP contribution in [0.5, 0.6) is 5.88 Å². The number of imidazole rings is 1. The van der Waals surface area contributed by atoms with Crippen molar-refractivity contribution in [3.8, 4) is 17.3 Å². The fourth-order valence-electron chi connectivity index (χ4n) is 5.67. The molecule has 0 saturated carbocycles. The average Bonchev–Trinajstić information content (AvgIpc) is 3.63. The largest absolute Gasteiger partial charge is 0.474 e. The minimum atomic E-state index is -4.60. The van der Waals surface area contributed by atoms with Crippen LogP contribution < -0.4 is 4.74 Å². The molecule has 7 rings (SSSR count). The molecule has 234 valence electrons. The monoisotopic (exact) mass is 638 g/mol. The Balaban J connectivity index is 1.02. The Bertz CT molecular complexity index is 1780. The van der Waals surface area contributed by atoms with Crippen LogP contribution in [-0.2, 0) is 30.4 Å². The first kappa shape index (κ1) is 29.6. The van der Waals surface area contributed by atoms with E-state index in [0.29, 0.717) is 47.3 Å². The maximum Gasteiger partial charge on any atom is 0.451 e. The zero-order valence-electron chi connectivity index (χ0n) is 24.2. The number of piperidine rings is 1. The lowest BCUT2D eigenvalue weighted by Crippen LogP contribution is -2.39. The van der Waals surface area contributed by atoms with E-state index in [1.165, 1.54) is 0 Å². The summed E-state index contributed by atoms with van der Waals surface area (Å²) in [5.74, 6) is 0.987. The van der Waals surface area contributed by atoms with E-state index in [0.717, 1.165) is 55.9 Å². The van der Waals surface area contributed by atoms with Crippen molar-refractivity contribution in [1.29, 1.82) is 0 Å². The van der Waals surface area contributed by atoms with Crippen molar-refractivity contribution in [2.75, 3.05) is 19.7 Å². The summed E-state index contributed by atoms with van der Waals surface area (Å²) >= 11 is 6.00. The fraction of sp³-hybridized carbons (Fsp3) is 0.387. The second-order valence-electron chi connectivity index (χ2n) is 11.3. The van der Waals surface area contributed by atoms with Crippen LogP contribution in [0.2, 0.25) is 5.02 Å². The van der Waals surface area contributed by atoms with Gasteiger partial charge in [-0.05, 0) is 55.2 Å². The van der Waals surface area contributed by atoms with Gasteiger partial charge in [-0.3, -0.25) is 10.00 Å². The number of rotatable bonds is 9. The number of H-pyrrole nitrogens is 1. The van der Waals surface area contributed by atoms with E-state index >= 15 is 0 Å². The molecule has 1 N–H and O–H groups in total. The number of fused-ring (bicyclic) bond motifs is 1. The smallest absolute Gasteiger partial charge is 0.451 e. The Morgan fingerprint density at radius 1 is 1.00 bits per heavy atom. The first-order valence-corrected chi connectivity index (χ1v) is 15.2. The average molecular weight is 639 g/mol. The summed E-state index contributed by atoms with van der Waals surface area (Å²) in [6, 6.07) is 14.8. The van der Waals surface area contributed by atoms with Crippen molar-refractivity contribution >= 4 is 22.6 Å². The molecule has 45 heavy (non-hydrogen) atoms. The maximum atomic E-state index is 13.1. The van der Waals surface area contributed by atoms with Gasteiger partial charge < -0.3 is 14.0 Å². The molecule has 0 spiro atoms. The highest BCUT2D eigenvalue weighted by Gasteiger charge is 2.35. The predicted octanol–water partition coefficient (Wildman–Crippen LogP) is 5.71. The molecular formula is C31H30ClF3N8O2. The molecule has 10 nitrogen and oxygen atoms in total. The van der Waals surface area contributed by atoms with Crippen LogP contribution in [0.25, 0.3) is 22.4 Å². The number of likely N-dealkylation sites (tertiary alicyclic amines) is 1. The van der Waals surface area contributed by atoms with Gasteiger partial charge in [-0.1, -0.05) is 23.7 Å². The molecule has 0 bridgehead atoms. The molecule has 5 aromatic rings. The molecule has 3 aromatic heterocycles. The molecule has 0 radical (unpaired) electrons. The fourth-order valence-corrected chi connectivity index (χ4v) is 5.79. The van der Waals surface area contributed by atoms with Gasteiger partial charge in [-0.25, -0.2) is 15.0 Å². The second-order valence-corrected chi connectivity index (χ2v) is 11.8. The normalized spacial score (nSPS) is 17.9. The zero-order chi connectivity index (χ0) is 31.0. The van der Waals surface area contributed by atoms with Crippen molar-refractivity contribution in [1.82, 2.24) is 39.6 Å². The van der Waals surface area contributed by atoms with E-state index in [1.54, 1.807) is 24.4 Å². The molecule has 2 aliphatic heterocycles. The highest BCUT2D eigenvalue weighted by atomic mass is 35.5. The van der Waals surface area contributed by atoms with Crippen LogP contribution in [-0.4, -0.2) is 71.5 Å². The Morgan fingerprint density at radius 3 is 2.51 bits per heavy atom. The van der Waals surface area contributed by atoms with E-state index in [9.17, 15) is 13.2 Å². The molecular weight excluding hydrogens is 609 g/mol. The summed E-state index contributed by atoms with van der Waals surface area (Å²) in [6.07, 6.45) is 0.503. The summed E-state index contributed by atoms with van der Waals surface area (Å²) in [6.45, 7) is 3.67. The molecule has 1 atom stereocenters. The van der Waals surface area contributed by atoms with Crippen LogP contribution in [0.4, 0.5) is 13.2 Å². The molecule has 2 saturated heterocycles. The third kappa shape index (κ3) is 6.80. The van der Waals surface area contributed by atoms with Crippen LogP contribution in [0.15, 0.2) is 54.7 Å². The summed E-state index contributed by atoms with van der Waals surface area (Å²) in [7, 11) is 0. The molecule has 2 aromatic carbocycles. The third-order valence-electron chi connectivity index (χ3n) is 8.16. The van der Waals surface area contributed by atoms with Crippen molar-refractivity contribution < 1.29 is 22.6 Å². The number of hydrogen-bond acceptors (Lipinski definition) is 8. The minimum Gasteiger partial charge on any atom is -0.474 e. The van der Waals surface area contributed by atoms with Crippen LogP contribution in [0.1, 0.15) is 42.3 Å². The molecule has 5 heterocycles. The SMILES string of the molecule is FC(F)(F)c1nc(-c2ccc3c(c2)nc(CN2CCC(Oc4ccnc(Cc5ccc(Cl)cc5)n4)CC2)n3CC2CCO2)n[nH]1. The summed E-state index contributed by atoms with van der Waals surface area (Å²) < 4.78 is 53.3. The number of halogens is 4. The molecule has 1 unspecified atom stereocenters. The Hall–Kier alpha value is -4.07. The van der Waals surface area contributed by atoms with Crippen LogP contribution >= 0.6 is 11.6 Å².